The number of aryl methyl sites for hydroxylation is 1. The van der Waals surface area contributed by atoms with Crippen molar-refractivity contribution in [1.82, 2.24) is 4.90 Å². The van der Waals surface area contributed by atoms with Crippen molar-refractivity contribution in [2.45, 2.75) is 60.9 Å². The van der Waals surface area contributed by atoms with E-state index in [9.17, 15) is 4.79 Å². The largest absolute Gasteiger partial charge is 0.496 e. The summed E-state index contributed by atoms with van der Waals surface area (Å²) in [6.45, 7) is 16.0. The molecule has 2 aromatic rings. The van der Waals surface area contributed by atoms with E-state index in [1.807, 2.05) is 19.1 Å². The first-order chi connectivity index (χ1) is 15.5. The lowest BCUT2D eigenvalue weighted by Crippen LogP contribution is -2.25. The third kappa shape index (κ3) is 6.20. The molecule has 0 fully saturated rings. The molecule has 0 aliphatic rings. The summed E-state index contributed by atoms with van der Waals surface area (Å²) in [6, 6.07) is 4.04. The van der Waals surface area contributed by atoms with Gasteiger partial charge in [0.25, 0.3) is 0 Å². The molecule has 0 saturated heterocycles. The molecule has 1 amide bonds. The third-order valence-corrected chi connectivity index (χ3v) is 6.17. The number of carbonyl (C=O) groups is 1. The summed E-state index contributed by atoms with van der Waals surface area (Å²) in [5.41, 5.74) is 7.37. The molecule has 1 N–H and O–H groups in total. The van der Waals surface area contributed by atoms with Crippen molar-refractivity contribution in [2.75, 3.05) is 39.7 Å². The molecule has 0 aromatic heterocycles. The number of ether oxygens (including phenoxy) is 3. The fraction of sp³-hybridized carbons (Fsp3) is 0.519. The van der Waals surface area contributed by atoms with E-state index >= 15 is 0 Å². The minimum atomic E-state index is -0.0724. The van der Waals surface area contributed by atoms with Crippen LogP contribution in [0.25, 0.3) is 0 Å². The minimum Gasteiger partial charge on any atom is -0.496 e. The number of carbonyl (C=O) groups excluding carboxylic acids is 1. The van der Waals surface area contributed by atoms with Gasteiger partial charge >= 0.3 is 0 Å². The van der Waals surface area contributed by atoms with Crippen LogP contribution in [0.5, 0.6) is 17.2 Å². The van der Waals surface area contributed by atoms with Gasteiger partial charge < -0.3 is 19.5 Å². The van der Waals surface area contributed by atoms with Gasteiger partial charge in [-0.2, -0.15) is 0 Å². The zero-order chi connectivity index (χ0) is 24.9. The highest BCUT2D eigenvalue weighted by Crippen LogP contribution is 2.38. The molecule has 0 aliphatic carbocycles. The summed E-state index contributed by atoms with van der Waals surface area (Å²) in [4.78, 5) is 13.7. The number of anilines is 1. The van der Waals surface area contributed by atoms with Crippen molar-refractivity contribution in [2.24, 2.45) is 0 Å². The molecule has 0 atom stereocenters. The highest BCUT2D eigenvalue weighted by atomic mass is 16.5. The molecule has 6 heteroatoms. The number of amides is 1. The van der Waals surface area contributed by atoms with E-state index in [-0.39, 0.29) is 11.8 Å². The fourth-order valence-electron chi connectivity index (χ4n) is 4.19. The maximum absolute atomic E-state index is 11.5. The second-order valence-electron chi connectivity index (χ2n) is 9.05. The number of hydrogen-bond acceptors (Lipinski definition) is 5. The van der Waals surface area contributed by atoms with Gasteiger partial charge in [0.05, 0.1) is 14.2 Å². The molecular weight excluding hydrogens is 416 g/mol. The van der Waals surface area contributed by atoms with Gasteiger partial charge in [0, 0.05) is 31.3 Å². The summed E-state index contributed by atoms with van der Waals surface area (Å²) >= 11 is 0. The van der Waals surface area contributed by atoms with Crippen LogP contribution in [0.4, 0.5) is 5.69 Å². The number of likely N-dealkylation sites (N-methyl/N-ethyl adjacent to an activating group) is 1. The first-order valence-corrected chi connectivity index (χ1v) is 11.5. The van der Waals surface area contributed by atoms with E-state index < -0.39 is 0 Å². The second-order valence-corrected chi connectivity index (χ2v) is 9.05. The normalized spacial score (nSPS) is 11.2. The van der Waals surface area contributed by atoms with E-state index in [0.29, 0.717) is 6.61 Å². The summed E-state index contributed by atoms with van der Waals surface area (Å²) in [7, 11) is 5.52. The highest BCUT2D eigenvalue weighted by Gasteiger charge is 2.20. The smallest absolute Gasteiger partial charge is 0.221 e. The van der Waals surface area contributed by atoms with Crippen molar-refractivity contribution in [3.63, 3.8) is 0 Å². The number of nitrogens with one attached hydrogen (secondary N) is 1. The summed E-state index contributed by atoms with van der Waals surface area (Å²) in [5, 5.41) is 2.91. The minimum absolute atomic E-state index is 0.0724. The van der Waals surface area contributed by atoms with E-state index in [2.05, 4.69) is 51.9 Å². The van der Waals surface area contributed by atoms with Crippen LogP contribution >= 0.6 is 0 Å². The SMILES string of the molecule is COc1c(C)c(C)c(OC)c(CN(C)CCOc2cc(C)c(NC(C)=O)cc2C(C)C)c1C. The predicted octanol–water partition coefficient (Wildman–Crippen LogP) is 5.53. The van der Waals surface area contributed by atoms with Crippen molar-refractivity contribution in [3.05, 3.63) is 45.5 Å². The Hall–Kier alpha value is -2.73. The van der Waals surface area contributed by atoms with E-state index in [1.165, 1.54) is 6.92 Å². The lowest BCUT2D eigenvalue weighted by Gasteiger charge is -2.24. The van der Waals surface area contributed by atoms with Gasteiger partial charge in [-0.3, -0.25) is 9.69 Å². The second kappa shape index (κ2) is 11.4. The maximum atomic E-state index is 11.5. The number of methoxy groups -OCH3 is 2. The van der Waals surface area contributed by atoms with Crippen LogP contribution < -0.4 is 19.5 Å². The van der Waals surface area contributed by atoms with Crippen LogP contribution in [0.1, 0.15) is 60.1 Å². The van der Waals surface area contributed by atoms with Gasteiger partial charge in [-0.1, -0.05) is 13.8 Å². The molecule has 6 nitrogen and oxygen atoms in total. The zero-order valence-electron chi connectivity index (χ0n) is 21.9. The van der Waals surface area contributed by atoms with Gasteiger partial charge in [0.15, 0.2) is 0 Å². The van der Waals surface area contributed by atoms with Gasteiger partial charge in [-0.25, -0.2) is 0 Å². The number of benzene rings is 2. The summed E-state index contributed by atoms with van der Waals surface area (Å²) in [6.07, 6.45) is 0. The average molecular weight is 457 g/mol. The lowest BCUT2D eigenvalue weighted by atomic mass is 9.97. The van der Waals surface area contributed by atoms with Gasteiger partial charge in [0.1, 0.15) is 23.9 Å². The molecule has 182 valence electrons. The molecule has 0 saturated carbocycles. The summed E-state index contributed by atoms with van der Waals surface area (Å²) < 4.78 is 17.6. The predicted molar refractivity (Wildman–Crippen MR) is 135 cm³/mol. The van der Waals surface area contributed by atoms with Crippen LogP contribution in [0.15, 0.2) is 12.1 Å². The Morgan fingerprint density at radius 1 is 1.00 bits per heavy atom. The number of rotatable bonds is 10. The Balaban J connectivity index is 2.16. The first-order valence-electron chi connectivity index (χ1n) is 11.5. The molecule has 0 spiro atoms. The van der Waals surface area contributed by atoms with Crippen LogP contribution in [0.3, 0.4) is 0 Å². The molecule has 0 unspecified atom stereocenters. The Kier molecular flexibility index (Phi) is 9.17. The molecular formula is C27H40N2O4. The molecule has 0 aliphatic heterocycles. The zero-order valence-corrected chi connectivity index (χ0v) is 21.9. The fourth-order valence-corrected chi connectivity index (χ4v) is 4.19. The first kappa shape index (κ1) is 26.5. The van der Waals surface area contributed by atoms with Crippen LogP contribution in [-0.2, 0) is 11.3 Å². The Labute approximate surface area is 199 Å². The van der Waals surface area contributed by atoms with Crippen molar-refractivity contribution < 1.29 is 19.0 Å². The standard InChI is InChI=1S/C27H40N2O4/c1-16(2)22-14-24(28-21(7)30)17(3)13-25(22)33-12-11-29(8)15-23-20(6)26(31-9)18(4)19(5)27(23)32-10/h13-14,16H,11-12,15H2,1-10H3,(H,28,30). The molecule has 0 bridgehead atoms. The Bertz CT molecular complexity index is 999. The van der Waals surface area contributed by atoms with Gasteiger partial charge in [0.2, 0.25) is 5.91 Å². The average Bonchev–Trinajstić information content (AvgIpc) is 2.74. The highest BCUT2D eigenvalue weighted by molar-refractivity contribution is 5.89. The molecule has 0 radical (unpaired) electrons. The van der Waals surface area contributed by atoms with E-state index in [1.54, 1.807) is 14.2 Å². The van der Waals surface area contributed by atoms with E-state index in [4.69, 9.17) is 14.2 Å². The van der Waals surface area contributed by atoms with Gasteiger partial charge in [-0.15, -0.1) is 0 Å². The van der Waals surface area contributed by atoms with Gasteiger partial charge in [-0.05, 0) is 80.6 Å². The van der Waals surface area contributed by atoms with Crippen LogP contribution in [0, 0.1) is 27.7 Å². The molecule has 33 heavy (non-hydrogen) atoms. The number of nitrogens with zero attached hydrogens (tertiary/aromatic N) is 1. The van der Waals surface area contributed by atoms with Crippen molar-refractivity contribution in [3.8, 4) is 17.2 Å². The maximum Gasteiger partial charge on any atom is 0.221 e. The molecule has 2 rings (SSSR count). The van der Waals surface area contributed by atoms with Crippen LogP contribution in [-0.4, -0.2) is 45.2 Å². The summed E-state index contributed by atoms with van der Waals surface area (Å²) in [5.74, 6) is 2.92. The van der Waals surface area contributed by atoms with Crippen molar-refractivity contribution in [1.29, 1.82) is 0 Å². The van der Waals surface area contributed by atoms with Crippen molar-refractivity contribution >= 4 is 11.6 Å². The molecule has 0 heterocycles. The topological polar surface area (TPSA) is 60.0 Å². The third-order valence-electron chi connectivity index (χ3n) is 6.17. The quantitative estimate of drug-likeness (QED) is 0.509. The lowest BCUT2D eigenvalue weighted by molar-refractivity contribution is -0.114. The monoisotopic (exact) mass is 456 g/mol. The Morgan fingerprint density at radius 3 is 2.15 bits per heavy atom. The van der Waals surface area contributed by atoms with E-state index in [0.717, 1.165) is 69.4 Å². The van der Waals surface area contributed by atoms with Crippen LogP contribution in [0.2, 0.25) is 0 Å². The molecule has 2 aromatic carbocycles. The Morgan fingerprint density at radius 2 is 1.61 bits per heavy atom. The number of hydrogen-bond donors (Lipinski definition) is 1.